The van der Waals surface area contributed by atoms with Crippen molar-refractivity contribution in [2.75, 3.05) is 6.54 Å². The minimum Gasteiger partial charge on any atom is -0.203 e. The Hall–Kier alpha value is -0.810. The van der Waals surface area contributed by atoms with Crippen LogP contribution in [0.4, 0.5) is 13.2 Å². The van der Waals surface area contributed by atoms with Gasteiger partial charge in [0, 0.05) is 0 Å². The summed E-state index contributed by atoms with van der Waals surface area (Å²) in [5, 5.41) is 7.75. The monoisotopic (exact) mass is 188 g/mol. The fourth-order valence-electron chi connectivity index (χ4n) is 0.209. The van der Waals surface area contributed by atoms with Crippen LogP contribution in [0.3, 0.4) is 0 Å². The number of nitrogens with one attached hydrogen (secondary N) is 1. The minimum atomic E-state index is -5.34. The Bertz CT molecular complexity index is 261. The molecule has 0 atom stereocenters. The van der Waals surface area contributed by atoms with Crippen LogP contribution in [0.2, 0.25) is 0 Å². The first-order valence-electron chi connectivity index (χ1n) is 2.24. The number of alkyl halides is 3. The first-order valence-corrected chi connectivity index (χ1v) is 3.72. The highest BCUT2D eigenvalue weighted by Crippen LogP contribution is 2.20. The lowest BCUT2D eigenvalue weighted by atomic mass is 10.8. The molecule has 1 N–H and O–H groups in total. The molecule has 0 spiro atoms. The summed E-state index contributed by atoms with van der Waals surface area (Å²) >= 11 is 0. The highest BCUT2D eigenvalue weighted by atomic mass is 32.2. The molecule has 8 heteroatoms. The van der Waals surface area contributed by atoms with E-state index >= 15 is 0 Å². The van der Waals surface area contributed by atoms with E-state index in [2.05, 4.69) is 0 Å². The molecule has 0 aliphatic carbocycles. The lowest BCUT2D eigenvalue weighted by Gasteiger charge is -2.05. The molecule has 0 fully saturated rings. The normalized spacial score (nSPS) is 12.5. The Morgan fingerprint density at radius 2 is 1.91 bits per heavy atom. The van der Waals surface area contributed by atoms with E-state index in [1.165, 1.54) is 6.07 Å². The molecule has 0 amide bonds. The van der Waals surface area contributed by atoms with Crippen LogP contribution in [0.1, 0.15) is 0 Å². The Balaban J connectivity index is 4.41. The van der Waals surface area contributed by atoms with Crippen LogP contribution in [-0.2, 0) is 10.0 Å². The Kier molecular flexibility index (Phi) is 2.84. The molecular weight excluding hydrogens is 185 g/mol. The van der Waals surface area contributed by atoms with Crippen LogP contribution in [0.25, 0.3) is 0 Å². The van der Waals surface area contributed by atoms with Gasteiger partial charge in [0.1, 0.15) is 0 Å². The number of halogens is 3. The van der Waals surface area contributed by atoms with Crippen molar-refractivity contribution in [2.24, 2.45) is 0 Å². The third kappa shape index (κ3) is 2.73. The lowest BCUT2D eigenvalue weighted by Crippen LogP contribution is -2.36. The van der Waals surface area contributed by atoms with Crippen LogP contribution in [0.15, 0.2) is 0 Å². The molecule has 0 aromatic carbocycles. The summed E-state index contributed by atoms with van der Waals surface area (Å²) < 4.78 is 55.3. The first-order chi connectivity index (χ1) is 4.81. The second-order valence-corrected chi connectivity index (χ2v) is 3.19. The summed E-state index contributed by atoms with van der Waals surface area (Å²) in [6.45, 7) is -0.887. The van der Waals surface area contributed by atoms with E-state index in [0.29, 0.717) is 0 Å². The Morgan fingerprint density at radius 1 is 1.45 bits per heavy atom. The molecule has 0 saturated heterocycles. The molecule has 4 nitrogen and oxygen atoms in total. The highest BCUT2D eigenvalue weighted by molar-refractivity contribution is 7.90. The molecule has 0 aromatic heterocycles. The van der Waals surface area contributed by atoms with E-state index in [-0.39, 0.29) is 0 Å². The molecule has 64 valence electrons. The average Bonchev–Trinajstić information content (AvgIpc) is 1.81. The van der Waals surface area contributed by atoms with Gasteiger partial charge < -0.3 is 0 Å². The van der Waals surface area contributed by atoms with E-state index in [9.17, 15) is 21.6 Å². The Labute approximate surface area is 60.7 Å². The predicted octanol–water partition coefficient (Wildman–Crippen LogP) is -0.0508. The van der Waals surface area contributed by atoms with Gasteiger partial charge in [-0.15, -0.1) is 0 Å². The van der Waals surface area contributed by atoms with Gasteiger partial charge in [0.15, 0.2) is 0 Å². The van der Waals surface area contributed by atoms with Gasteiger partial charge in [-0.2, -0.15) is 23.2 Å². The number of rotatable bonds is 2. The van der Waals surface area contributed by atoms with Crippen molar-refractivity contribution in [3.05, 3.63) is 0 Å². The van der Waals surface area contributed by atoms with Gasteiger partial charge in [-0.1, -0.05) is 0 Å². The molecule has 11 heavy (non-hydrogen) atoms. The average molecular weight is 188 g/mol. The molecule has 0 radical (unpaired) electrons. The fourth-order valence-corrected chi connectivity index (χ4v) is 0.627. The second kappa shape index (κ2) is 3.06. The van der Waals surface area contributed by atoms with Crippen LogP contribution >= 0.6 is 0 Å². The van der Waals surface area contributed by atoms with Gasteiger partial charge in [0.2, 0.25) is 0 Å². The van der Waals surface area contributed by atoms with Gasteiger partial charge in [-0.25, -0.2) is 8.42 Å². The van der Waals surface area contributed by atoms with E-state index in [0.717, 1.165) is 4.72 Å². The largest absolute Gasteiger partial charge is 0.511 e. The van der Waals surface area contributed by atoms with E-state index in [1.54, 1.807) is 0 Å². The summed E-state index contributed by atoms with van der Waals surface area (Å²) in [7, 11) is -5.33. The van der Waals surface area contributed by atoms with Gasteiger partial charge in [0.05, 0.1) is 12.6 Å². The molecule has 0 aliphatic rings. The van der Waals surface area contributed by atoms with Gasteiger partial charge in [-0.05, 0) is 0 Å². The summed E-state index contributed by atoms with van der Waals surface area (Å²) in [6.07, 6.45) is 0. The molecule has 0 unspecified atom stereocenters. The first kappa shape index (κ1) is 10.2. The van der Waals surface area contributed by atoms with Crippen LogP contribution in [-0.4, -0.2) is 20.5 Å². The van der Waals surface area contributed by atoms with Crippen molar-refractivity contribution in [1.29, 1.82) is 5.26 Å². The predicted molar refractivity (Wildman–Crippen MR) is 28.6 cm³/mol. The van der Waals surface area contributed by atoms with Gasteiger partial charge >= 0.3 is 15.5 Å². The van der Waals surface area contributed by atoms with Crippen molar-refractivity contribution in [3.63, 3.8) is 0 Å². The molecule has 0 saturated carbocycles. The highest BCUT2D eigenvalue weighted by Gasteiger charge is 2.45. The molecule has 0 heterocycles. The number of hydrogen-bond acceptors (Lipinski definition) is 3. The summed E-state index contributed by atoms with van der Waals surface area (Å²) in [6, 6.07) is 1.21. The van der Waals surface area contributed by atoms with Gasteiger partial charge in [0.25, 0.3) is 0 Å². The zero-order valence-corrected chi connectivity index (χ0v) is 5.83. The maximum atomic E-state index is 11.4. The number of nitriles is 1. The van der Waals surface area contributed by atoms with E-state index in [1.807, 2.05) is 0 Å². The summed E-state index contributed by atoms with van der Waals surface area (Å²) in [5.74, 6) is 0. The molecule has 0 rings (SSSR count). The van der Waals surface area contributed by atoms with Crippen molar-refractivity contribution < 1.29 is 21.6 Å². The molecule has 0 bridgehead atoms. The quantitative estimate of drug-likeness (QED) is 0.617. The number of hydrogen-bond donors (Lipinski definition) is 1. The van der Waals surface area contributed by atoms with Crippen LogP contribution in [0.5, 0.6) is 0 Å². The maximum Gasteiger partial charge on any atom is 0.511 e. The second-order valence-electron chi connectivity index (χ2n) is 1.43. The summed E-state index contributed by atoms with van der Waals surface area (Å²) in [5.41, 5.74) is -5.34. The van der Waals surface area contributed by atoms with Crippen molar-refractivity contribution in [2.45, 2.75) is 5.51 Å². The smallest absolute Gasteiger partial charge is 0.203 e. The molecular formula is C3H3F3N2O2S. The molecule has 0 aromatic rings. The van der Waals surface area contributed by atoms with E-state index < -0.39 is 22.1 Å². The fraction of sp³-hybridized carbons (Fsp3) is 0.667. The van der Waals surface area contributed by atoms with Crippen molar-refractivity contribution in [3.8, 4) is 6.07 Å². The zero-order valence-electron chi connectivity index (χ0n) is 5.01. The van der Waals surface area contributed by atoms with Crippen molar-refractivity contribution >= 4 is 10.0 Å². The summed E-state index contributed by atoms with van der Waals surface area (Å²) in [4.78, 5) is 0. The van der Waals surface area contributed by atoms with Crippen LogP contribution < -0.4 is 4.72 Å². The third-order valence-corrected chi connectivity index (χ3v) is 1.78. The number of sulfonamides is 1. The molecule has 0 aliphatic heterocycles. The van der Waals surface area contributed by atoms with Crippen molar-refractivity contribution in [1.82, 2.24) is 4.72 Å². The maximum absolute atomic E-state index is 11.4. The Morgan fingerprint density at radius 3 is 2.18 bits per heavy atom. The standard InChI is InChI=1S/C3H3F3N2O2S/c4-3(5,6)11(9,10)8-2-1-7/h8H,2H2. The topological polar surface area (TPSA) is 70.0 Å². The van der Waals surface area contributed by atoms with E-state index in [4.69, 9.17) is 5.26 Å². The van der Waals surface area contributed by atoms with Gasteiger partial charge in [-0.3, -0.25) is 0 Å². The minimum absolute atomic E-state index is 0.887. The van der Waals surface area contributed by atoms with Crippen LogP contribution in [0, 0.1) is 11.3 Å². The third-order valence-electron chi connectivity index (χ3n) is 0.646. The SMILES string of the molecule is N#CCNS(=O)(=O)C(F)(F)F. The lowest BCUT2D eigenvalue weighted by molar-refractivity contribution is -0.0446. The zero-order chi connectivity index (χ0) is 9.12. The number of nitrogens with zero attached hydrogens (tertiary/aromatic N) is 1.